The summed E-state index contributed by atoms with van der Waals surface area (Å²) in [6.07, 6.45) is -2.27. The van der Waals surface area contributed by atoms with Gasteiger partial charge < -0.3 is 30.3 Å². The van der Waals surface area contributed by atoms with Gasteiger partial charge in [0.05, 0.1) is 35.4 Å². The van der Waals surface area contributed by atoms with Crippen molar-refractivity contribution >= 4 is 23.9 Å². The number of carbonyl (C=O) groups is 4. The van der Waals surface area contributed by atoms with Gasteiger partial charge in [0.2, 0.25) is 0 Å². The fourth-order valence-electron chi connectivity index (χ4n) is 3.35. The molecule has 1 aliphatic rings. The number of ether oxygens (including phenoxy) is 1. The number of hydrogen-bond acceptors (Lipinski definition) is 7. The average Bonchev–Trinajstić information content (AvgIpc) is 2.55. The second-order valence-electron chi connectivity index (χ2n) is 7.80. The van der Waals surface area contributed by atoms with E-state index in [9.17, 15) is 39.6 Å². The number of rotatable bonds is 11. The molecule has 0 spiro atoms. The van der Waals surface area contributed by atoms with Crippen LogP contribution >= 0.6 is 0 Å². The highest BCUT2D eigenvalue weighted by Crippen LogP contribution is 2.49. The molecule has 0 radical (unpaired) electrons. The molecular formula is C18H28O10. The second kappa shape index (κ2) is 9.33. The van der Waals surface area contributed by atoms with Crippen LogP contribution in [-0.2, 0) is 23.9 Å². The fraction of sp³-hybridized carbons (Fsp3) is 0.778. The highest BCUT2D eigenvalue weighted by molar-refractivity contribution is 5.89. The molecule has 10 heteroatoms. The number of carboxylic acid groups (broad SMARTS) is 3. The molecular weight excluding hydrogens is 376 g/mol. The van der Waals surface area contributed by atoms with E-state index >= 15 is 0 Å². The largest absolute Gasteiger partial charge is 0.481 e. The molecule has 0 saturated heterocycles. The summed E-state index contributed by atoms with van der Waals surface area (Å²) in [4.78, 5) is 45.8. The van der Waals surface area contributed by atoms with E-state index in [1.54, 1.807) is 13.8 Å². The van der Waals surface area contributed by atoms with Crippen molar-refractivity contribution in [2.75, 3.05) is 6.61 Å². The standard InChI is InChI=1S/C18H28O10/c1-4-18(2,3)17(27)28-7-8(19)5-6-9(20)10-11(14(21)22)13(16(25)26)12(10)15(23)24/h8-13,19-20H,4-7H2,1-3H3,(H,21,22)(H,23,24)(H,25,26)/t8?,9-,10?,11?,12?,13?/m1/s1. The van der Waals surface area contributed by atoms with E-state index in [4.69, 9.17) is 9.84 Å². The Bertz CT molecular complexity index is 591. The number of aliphatic carboxylic acids is 3. The normalized spacial score (nSPS) is 26.6. The minimum absolute atomic E-state index is 0.0755. The zero-order valence-corrected chi connectivity index (χ0v) is 16.1. The third-order valence-electron chi connectivity index (χ3n) is 5.54. The second-order valence-corrected chi connectivity index (χ2v) is 7.80. The number of carbonyl (C=O) groups excluding carboxylic acids is 1. The van der Waals surface area contributed by atoms with Gasteiger partial charge in [-0.3, -0.25) is 19.2 Å². The van der Waals surface area contributed by atoms with Gasteiger partial charge in [0, 0.05) is 5.92 Å². The molecule has 4 atom stereocenters. The van der Waals surface area contributed by atoms with Gasteiger partial charge in [0.1, 0.15) is 6.61 Å². The molecule has 3 unspecified atom stereocenters. The molecule has 28 heavy (non-hydrogen) atoms. The maximum Gasteiger partial charge on any atom is 0.311 e. The van der Waals surface area contributed by atoms with Crippen molar-refractivity contribution in [1.82, 2.24) is 0 Å². The van der Waals surface area contributed by atoms with Crippen LogP contribution in [0.25, 0.3) is 0 Å². The van der Waals surface area contributed by atoms with Crippen molar-refractivity contribution in [1.29, 1.82) is 0 Å². The van der Waals surface area contributed by atoms with Gasteiger partial charge >= 0.3 is 23.9 Å². The molecule has 0 aromatic carbocycles. The summed E-state index contributed by atoms with van der Waals surface area (Å²) >= 11 is 0. The van der Waals surface area contributed by atoms with Crippen molar-refractivity contribution < 1.29 is 49.4 Å². The summed E-state index contributed by atoms with van der Waals surface area (Å²) in [6, 6.07) is 0. The summed E-state index contributed by atoms with van der Waals surface area (Å²) in [5.74, 6) is -11.0. The van der Waals surface area contributed by atoms with Crippen molar-refractivity contribution in [2.45, 2.75) is 52.2 Å². The number of aliphatic hydroxyl groups excluding tert-OH is 2. The quantitative estimate of drug-likeness (QED) is 0.299. The Morgan fingerprint density at radius 1 is 0.893 bits per heavy atom. The fourth-order valence-corrected chi connectivity index (χ4v) is 3.35. The molecule has 1 aliphatic carbocycles. The van der Waals surface area contributed by atoms with Gasteiger partial charge in [-0.25, -0.2) is 0 Å². The number of carboxylic acids is 3. The Hall–Kier alpha value is -2.20. The summed E-state index contributed by atoms with van der Waals surface area (Å²) in [5.41, 5.74) is -0.708. The van der Waals surface area contributed by atoms with E-state index in [1.165, 1.54) is 0 Å². The van der Waals surface area contributed by atoms with E-state index in [1.807, 2.05) is 6.92 Å². The summed E-state index contributed by atoms with van der Waals surface area (Å²) in [6.45, 7) is 4.88. The lowest BCUT2D eigenvalue weighted by molar-refractivity contribution is -0.193. The number of hydrogen-bond donors (Lipinski definition) is 5. The molecule has 0 amide bonds. The molecule has 1 saturated carbocycles. The first-order chi connectivity index (χ1) is 12.8. The van der Waals surface area contributed by atoms with Crippen molar-refractivity contribution in [3.8, 4) is 0 Å². The van der Waals surface area contributed by atoms with Gasteiger partial charge in [-0.2, -0.15) is 0 Å². The topological polar surface area (TPSA) is 179 Å². The highest BCUT2D eigenvalue weighted by atomic mass is 16.5. The summed E-state index contributed by atoms with van der Waals surface area (Å²) < 4.78 is 5.02. The van der Waals surface area contributed by atoms with Crippen LogP contribution in [0.15, 0.2) is 0 Å². The van der Waals surface area contributed by atoms with Gasteiger partial charge in [-0.05, 0) is 33.1 Å². The Labute approximate surface area is 162 Å². The van der Waals surface area contributed by atoms with Gasteiger partial charge in [-0.15, -0.1) is 0 Å². The van der Waals surface area contributed by atoms with E-state index in [2.05, 4.69) is 0 Å². The van der Waals surface area contributed by atoms with Crippen LogP contribution < -0.4 is 0 Å². The van der Waals surface area contributed by atoms with Crippen LogP contribution in [0.5, 0.6) is 0 Å². The van der Waals surface area contributed by atoms with Crippen LogP contribution in [0.3, 0.4) is 0 Å². The lowest BCUT2D eigenvalue weighted by Crippen LogP contribution is -2.61. The third kappa shape index (κ3) is 5.20. The zero-order chi connectivity index (χ0) is 21.8. The Balaban J connectivity index is 2.66. The minimum Gasteiger partial charge on any atom is -0.481 e. The number of esters is 1. The van der Waals surface area contributed by atoms with Crippen LogP contribution in [0.2, 0.25) is 0 Å². The Morgan fingerprint density at radius 3 is 1.75 bits per heavy atom. The molecule has 0 aliphatic heterocycles. The van der Waals surface area contributed by atoms with Gasteiger partial charge in [0.25, 0.3) is 0 Å². The van der Waals surface area contributed by atoms with Crippen LogP contribution in [0.1, 0.15) is 40.0 Å². The Morgan fingerprint density at radius 2 is 1.36 bits per heavy atom. The number of aliphatic hydroxyl groups is 2. The molecule has 1 rings (SSSR count). The first kappa shape index (κ1) is 23.8. The first-order valence-electron chi connectivity index (χ1n) is 9.06. The predicted molar refractivity (Wildman–Crippen MR) is 93.1 cm³/mol. The van der Waals surface area contributed by atoms with Crippen LogP contribution in [0, 0.1) is 29.1 Å². The maximum atomic E-state index is 11.9. The van der Waals surface area contributed by atoms with E-state index < -0.39 is 65.2 Å². The van der Waals surface area contributed by atoms with E-state index in [0.717, 1.165) is 0 Å². The Kier molecular flexibility index (Phi) is 7.94. The molecule has 0 heterocycles. The lowest BCUT2D eigenvalue weighted by Gasteiger charge is -2.47. The monoisotopic (exact) mass is 404 g/mol. The predicted octanol–water partition coefficient (Wildman–Crippen LogP) is 0.200. The summed E-state index contributed by atoms with van der Waals surface area (Å²) in [5, 5.41) is 47.7. The minimum atomic E-state index is -1.63. The molecule has 0 bridgehead atoms. The van der Waals surface area contributed by atoms with Gasteiger partial charge in [-0.1, -0.05) is 6.92 Å². The average molecular weight is 404 g/mol. The lowest BCUT2D eigenvalue weighted by atomic mass is 9.54. The van der Waals surface area contributed by atoms with Crippen molar-refractivity contribution in [3.63, 3.8) is 0 Å². The molecule has 160 valence electrons. The maximum absolute atomic E-state index is 11.9. The molecule has 5 N–H and O–H groups in total. The van der Waals surface area contributed by atoms with E-state index in [-0.39, 0.29) is 19.4 Å². The molecule has 10 nitrogen and oxygen atoms in total. The van der Waals surface area contributed by atoms with Crippen molar-refractivity contribution in [3.05, 3.63) is 0 Å². The van der Waals surface area contributed by atoms with Crippen LogP contribution in [-0.4, -0.2) is 68.2 Å². The third-order valence-corrected chi connectivity index (χ3v) is 5.54. The SMILES string of the molecule is CCC(C)(C)C(=O)OCC(O)CC[C@@H](O)C1C(C(=O)O)C(C(=O)O)C1C(=O)O. The van der Waals surface area contributed by atoms with Crippen LogP contribution in [0.4, 0.5) is 0 Å². The zero-order valence-electron chi connectivity index (χ0n) is 16.1. The molecule has 0 aromatic rings. The van der Waals surface area contributed by atoms with E-state index in [0.29, 0.717) is 6.42 Å². The molecule has 1 fully saturated rings. The summed E-state index contributed by atoms with van der Waals surface area (Å²) in [7, 11) is 0. The first-order valence-corrected chi connectivity index (χ1v) is 9.06. The smallest absolute Gasteiger partial charge is 0.311 e. The van der Waals surface area contributed by atoms with Gasteiger partial charge in [0.15, 0.2) is 0 Å². The van der Waals surface area contributed by atoms with Crippen molar-refractivity contribution in [2.24, 2.45) is 29.1 Å². The molecule has 0 aromatic heterocycles. The highest BCUT2D eigenvalue weighted by Gasteiger charge is 2.63.